The number of benzene rings is 1. The van der Waals surface area contributed by atoms with Gasteiger partial charge in [0.15, 0.2) is 17.3 Å². The van der Waals surface area contributed by atoms with E-state index in [9.17, 15) is 18.0 Å². The first-order chi connectivity index (χ1) is 9.40. The average molecular weight is 289 g/mol. The van der Waals surface area contributed by atoms with Gasteiger partial charge >= 0.3 is 6.18 Å². The van der Waals surface area contributed by atoms with Crippen molar-refractivity contribution in [3.05, 3.63) is 23.8 Å². The largest absolute Gasteiger partial charge is 0.454 e. The Labute approximate surface area is 113 Å². The summed E-state index contributed by atoms with van der Waals surface area (Å²) in [6, 6.07) is 3.71. The summed E-state index contributed by atoms with van der Waals surface area (Å²) in [7, 11) is 0. The van der Waals surface area contributed by atoms with Crippen molar-refractivity contribution in [3.8, 4) is 11.5 Å². The van der Waals surface area contributed by atoms with Crippen LogP contribution in [0.3, 0.4) is 0 Å². The van der Waals surface area contributed by atoms with Crippen LogP contribution in [0.15, 0.2) is 18.2 Å². The summed E-state index contributed by atoms with van der Waals surface area (Å²) in [6.07, 6.45) is -4.08. The molecular formula is C13H14F3NO3. The maximum absolute atomic E-state index is 12.2. The number of hydrogen-bond acceptors (Lipinski definition) is 4. The zero-order chi connectivity index (χ0) is 14.8. The van der Waals surface area contributed by atoms with Crippen molar-refractivity contribution in [3.63, 3.8) is 0 Å². The molecule has 110 valence electrons. The van der Waals surface area contributed by atoms with Crippen LogP contribution in [0.2, 0.25) is 0 Å². The van der Waals surface area contributed by atoms with Crippen molar-refractivity contribution in [2.24, 2.45) is 0 Å². The fourth-order valence-electron chi connectivity index (χ4n) is 1.91. The molecule has 0 saturated carbocycles. The lowest BCUT2D eigenvalue weighted by molar-refractivity contribution is -0.125. The van der Waals surface area contributed by atoms with E-state index < -0.39 is 24.5 Å². The molecule has 0 fully saturated rings. The second kappa shape index (κ2) is 5.70. The second-order valence-electron chi connectivity index (χ2n) is 4.39. The lowest BCUT2D eigenvalue weighted by Gasteiger charge is -2.17. The quantitative estimate of drug-likeness (QED) is 0.846. The Hall–Kier alpha value is -1.76. The minimum absolute atomic E-state index is 0.0799. The third-order valence-corrected chi connectivity index (χ3v) is 2.93. The molecule has 2 rings (SSSR count). The molecule has 1 heterocycles. The van der Waals surface area contributed by atoms with Crippen LogP contribution in [-0.4, -0.2) is 31.3 Å². The van der Waals surface area contributed by atoms with Gasteiger partial charge in [-0.15, -0.1) is 0 Å². The average Bonchev–Trinajstić information content (AvgIpc) is 2.84. The Kier molecular flexibility index (Phi) is 4.17. The number of carbonyl (C=O) groups is 1. The fourth-order valence-corrected chi connectivity index (χ4v) is 1.91. The standard InChI is InChI=1S/C13H14F3NO3/c1-2-9(17-6-13(14,15)16)12(18)8-3-4-10-11(5-8)20-7-19-10/h3-5,9,17H,2,6-7H2,1H3. The smallest absolute Gasteiger partial charge is 0.401 e. The Balaban J connectivity index is 2.08. The molecule has 1 aliphatic heterocycles. The number of ketones is 1. The number of ether oxygens (including phenoxy) is 2. The maximum Gasteiger partial charge on any atom is 0.401 e. The third kappa shape index (κ3) is 3.41. The summed E-state index contributed by atoms with van der Waals surface area (Å²) in [5, 5.41) is 2.23. The van der Waals surface area contributed by atoms with E-state index in [2.05, 4.69) is 5.32 Å². The fraction of sp³-hybridized carbons (Fsp3) is 0.462. The summed E-state index contributed by atoms with van der Waals surface area (Å²) in [4.78, 5) is 12.2. The number of fused-ring (bicyclic) bond motifs is 1. The molecule has 0 aliphatic carbocycles. The van der Waals surface area contributed by atoms with Crippen LogP contribution in [0.25, 0.3) is 0 Å². The highest BCUT2D eigenvalue weighted by Gasteiger charge is 2.30. The summed E-state index contributed by atoms with van der Waals surface area (Å²) < 4.78 is 46.8. The minimum atomic E-state index is -4.34. The molecule has 0 radical (unpaired) electrons. The zero-order valence-electron chi connectivity index (χ0n) is 10.8. The van der Waals surface area contributed by atoms with Crippen molar-refractivity contribution in [2.45, 2.75) is 25.6 Å². The highest BCUT2D eigenvalue weighted by Crippen LogP contribution is 2.32. The topological polar surface area (TPSA) is 47.6 Å². The van der Waals surface area contributed by atoms with Crippen LogP contribution in [0.1, 0.15) is 23.7 Å². The highest BCUT2D eigenvalue weighted by atomic mass is 19.4. The van der Waals surface area contributed by atoms with Crippen LogP contribution in [-0.2, 0) is 0 Å². The van der Waals surface area contributed by atoms with Crippen LogP contribution in [0, 0.1) is 0 Å². The van der Waals surface area contributed by atoms with Gasteiger partial charge < -0.3 is 9.47 Å². The molecule has 7 heteroatoms. The van der Waals surface area contributed by atoms with E-state index in [1.165, 1.54) is 12.1 Å². The monoisotopic (exact) mass is 289 g/mol. The van der Waals surface area contributed by atoms with Gasteiger partial charge in [0.25, 0.3) is 0 Å². The summed E-state index contributed by atoms with van der Waals surface area (Å²) in [5.41, 5.74) is 0.302. The van der Waals surface area contributed by atoms with Crippen LogP contribution in [0.4, 0.5) is 13.2 Å². The number of alkyl halides is 3. The molecule has 4 nitrogen and oxygen atoms in total. The van der Waals surface area contributed by atoms with Crippen LogP contribution in [0.5, 0.6) is 11.5 Å². The SMILES string of the molecule is CCC(NCC(F)(F)F)C(=O)c1ccc2c(c1)OCO2. The Bertz CT molecular complexity index is 502. The first-order valence-corrected chi connectivity index (χ1v) is 6.14. The van der Waals surface area contributed by atoms with E-state index >= 15 is 0 Å². The second-order valence-corrected chi connectivity index (χ2v) is 4.39. The molecule has 0 saturated heterocycles. The maximum atomic E-state index is 12.2. The van der Waals surface area contributed by atoms with E-state index in [4.69, 9.17) is 9.47 Å². The van der Waals surface area contributed by atoms with Crippen LogP contribution < -0.4 is 14.8 Å². The molecule has 0 bridgehead atoms. The Morgan fingerprint density at radius 2 is 2.05 bits per heavy atom. The third-order valence-electron chi connectivity index (χ3n) is 2.93. The molecule has 1 aliphatic rings. The van der Waals surface area contributed by atoms with Crippen molar-refractivity contribution < 1.29 is 27.4 Å². The van der Waals surface area contributed by atoms with Gasteiger partial charge in [-0.25, -0.2) is 0 Å². The van der Waals surface area contributed by atoms with Crippen molar-refractivity contribution in [2.75, 3.05) is 13.3 Å². The molecular weight excluding hydrogens is 275 g/mol. The molecule has 0 spiro atoms. The van der Waals surface area contributed by atoms with Gasteiger partial charge in [0.05, 0.1) is 12.6 Å². The van der Waals surface area contributed by atoms with Crippen molar-refractivity contribution in [1.29, 1.82) is 0 Å². The molecule has 1 aromatic carbocycles. The molecule has 1 N–H and O–H groups in total. The summed E-state index contributed by atoms with van der Waals surface area (Å²) in [5.74, 6) is 0.564. The predicted molar refractivity (Wildman–Crippen MR) is 65.0 cm³/mol. The molecule has 1 aromatic rings. The van der Waals surface area contributed by atoms with E-state index in [0.717, 1.165) is 0 Å². The van der Waals surface area contributed by atoms with Gasteiger partial charge in [-0.2, -0.15) is 13.2 Å². The predicted octanol–water partition coefficient (Wildman–Crippen LogP) is 2.53. The van der Waals surface area contributed by atoms with Crippen molar-refractivity contribution in [1.82, 2.24) is 5.32 Å². The number of Topliss-reactive ketones (excluding diaryl/α,β-unsaturated/α-hetero) is 1. The molecule has 1 atom stereocenters. The summed E-state index contributed by atoms with van der Waals surface area (Å²) in [6.45, 7) is 0.539. The Morgan fingerprint density at radius 3 is 2.70 bits per heavy atom. The normalized spacial score (nSPS) is 15.2. The molecule has 0 aromatic heterocycles. The van der Waals surface area contributed by atoms with E-state index in [1.807, 2.05) is 0 Å². The first-order valence-electron chi connectivity index (χ1n) is 6.14. The van der Waals surface area contributed by atoms with Crippen molar-refractivity contribution >= 4 is 5.78 Å². The summed E-state index contributed by atoms with van der Waals surface area (Å²) >= 11 is 0. The number of carbonyl (C=O) groups excluding carboxylic acids is 1. The molecule has 20 heavy (non-hydrogen) atoms. The van der Waals surface area contributed by atoms with E-state index in [1.54, 1.807) is 13.0 Å². The van der Waals surface area contributed by atoms with E-state index in [-0.39, 0.29) is 13.2 Å². The lowest BCUT2D eigenvalue weighted by atomic mass is 10.0. The zero-order valence-corrected chi connectivity index (χ0v) is 10.8. The van der Waals surface area contributed by atoms with Gasteiger partial charge in [0, 0.05) is 5.56 Å². The highest BCUT2D eigenvalue weighted by molar-refractivity contribution is 6.00. The number of rotatable bonds is 5. The van der Waals surface area contributed by atoms with Gasteiger partial charge in [-0.3, -0.25) is 10.1 Å². The van der Waals surface area contributed by atoms with Gasteiger partial charge in [-0.1, -0.05) is 6.92 Å². The van der Waals surface area contributed by atoms with Gasteiger partial charge in [0.1, 0.15) is 0 Å². The van der Waals surface area contributed by atoms with Crippen LogP contribution >= 0.6 is 0 Å². The number of halogens is 3. The molecule has 0 amide bonds. The molecule has 1 unspecified atom stereocenters. The van der Waals surface area contributed by atoms with Gasteiger partial charge in [-0.05, 0) is 24.6 Å². The first kappa shape index (κ1) is 14.6. The number of hydrogen-bond donors (Lipinski definition) is 1. The Morgan fingerprint density at radius 1 is 1.35 bits per heavy atom. The minimum Gasteiger partial charge on any atom is -0.454 e. The lowest BCUT2D eigenvalue weighted by Crippen LogP contribution is -2.41. The van der Waals surface area contributed by atoms with Gasteiger partial charge in [0.2, 0.25) is 6.79 Å². The van der Waals surface area contributed by atoms with E-state index in [0.29, 0.717) is 17.1 Å². The number of nitrogens with one attached hydrogen (secondary N) is 1.